The van der Waals surface area contributed by atoms with Gasteiger partial charge in [0.2, 0.25) is 0 Å². The monoisotopic (exact) mass is 450 g/mol. The number of hydrogen-bond acceptors (Lipinski definition) is 1. The molecule has 0 spiro atoms. The SMILES string of the molecule is CCCCCCCCCCCCCCN(Cc1ccccc1)C(=O)Nc1ccc(C)cc1C. The Bertz CT molecular complexity index is 787. The first kappa shape index (κ1) is 27.0. The predicted octanol–water partition coefficient (Wildman–Crippen LogP) is 9.04. The third-order valence-electron chi connectivity index (χ3n) is 6.41. The summed E-state index contributed by atoms with van der Waals surface area (Å²) in [6, 6.07) is 16.5. The van der Waals surface area contributed by atoms with E-state index in [0.29, 0.717) is 6.54 Å². The van der Waals surface area contributed by atoms with Crippen LogP contribution in [0.5, 0.6) is 0 Å². The molecule has 2 aromatic carbocycles. The summed E-state index contributed by atoms with van der Waals surface area (Å²) in [7, 11) is 0. The number of benzene rings is 2. The molecule has 0 unspecified atom stereocenters. The number of urea groups is 1. The van der Waals surface area contributed by atoms with E-state index in [4.69, 9.17) is 0 Å². The Morgan fingerprint density at radius 1 is 0.758 bits per heavy atom. The molecule has 0 atom stereocenters. The molecular formula is C30H46N2O. The van der Waals surface area contributed by atoms with Crippen LogP contribution in [0.25, 0.3) is 0 Å². The molecule has 0 fully saturated rings. The van der Waals surface area contributed by atoms with E-state index in [1.807, 2.05) is 29.2 Å². The summed E-state index contributed by atoms with van der Waals surface area (Å²) in [5.74, 6) is 0. The van der Waals surface area contributed by atoms with Gasteiger partial charge in [0, 0.05) is 18.8 Å². The second-order valence-corrected chi connectivity index (χ2v) is 9.54. The second-order valence-electron chi connectivity index (χ2n) is 9.54. The van der Waals surface area contributed by atoms with Crippen LogP contribution in [0.4, 0.5) is 10.5 Å². The fraction of sp³-hybridized carbons (Fsp3) is 0.567. The summed E-state index contributed by atoms with van der Waals surface area (Å²) >= 11 is 0. The number of hydrogen-bond donors (Lipinski definition) is 1. The van der Waals surface area contributed by atoms with Gasteiger partial charge in [0.05, 0.1) is 0 Å². The van der Waals surface area contributed by atoms with E-state index >= 15 is 0 Å². The maximum Gasteiger partial charge on any atom is 0.322 e. The second kappa shape index (κ2) is 16.3. The summed E-state index contributed by atoms with van der Waals surface area (Å²) in [5, 5.41) is 3.14. The molecule has 182 valence electrons. The van der Waals surface area contributed by atoms with Gasteiger partial charge in [-0.25, -0.2) is 4.79 Å². The van der Waals surface area contributed by atoms with E-state index in [1.165, 1.54) is 81.8 Å². The number of anilines is 1. The van der Waals surface area contributed by atoms with Gasteiger partial charge in [-0.05, 0) is 37.5 Å². The van der Waals surface area contributed by atoms with Crippen molar-refractivity contribution in [3.8, 4) is 0 Å². The van der Waals surface area contributed by atoms with Crippen LogP contribution in [-0.4, -0.2) is 17.5 Å². The Morgan fingerprint density at radius 3 is 1.91 bits per heavy atom. The van der Waals surface area contributed by atoms with Crippen LogP contribution in [0.2, 0.25) is 0 Å². The van der Waals surface area contributed by atoms with Gasteiger partial charge in [0.25, 0.3) is 0 Å². The van der Waals surface area contributed by atoms with Crippen LogP contribution >= 0.6 is 0 Å². The zero-order valence-corrected chi connectivity index (χ0v) is 21.4. The maximum absolute atomic E-state index is 13.1. The van der Waals surface area contributed by atoms with Crippen molar-refractivity contribution >= 4 is 11.7 Å². The van der Waals surface area contributed by atoms with Crippen molar-refractivity contribution in [1.82, 2.24) is 4.90 Å². The summed E-state index contributed by atoms with van der Waals surface area (Å²) < 4.78 is 0. The van der Waals surface area contributed by atoms with E-state index < -0.39 is 0 Å². The quantitative estimate of drug-likeness (QED) is 0.254. The van der Waals surface area contributed by atoms with Gasteiger partial charge in [-0.15, -0.1) is 0 Å². The molecule has 33 heavy (non-hydrogen) atoms. The maximum atomic E-state index is 13.1. The van der Waals surface area contributed by atoms with Gasteiger partial charge >= 0.3 is 6.03 Å². The zero-order chi connectivity index (χ0) is 23.7. The van der Waals surface area contributed by atoms with E-state index in [2.05, 4.69) is 50.4 Å². The standard InChI is InChI=1S/C30H46N2O/c1-4-5-6-7-8-9-10-11-12-13-14-18-23-32(25-28-19-16-15-17-20-28)30(33)31-29-22-21-26(2)24-27(29)3/h15-17,19-22,24H,4-14,18,23,25H2,1-3H3,(H,31,33). The van der Waals surface area contributed by atoms with E-state index in [1.54, 1.807) is 0 Å². The number of nitrogens with zero attached hydrogens (tertiary/aromatic N) is 1. The molecule has 0 bridgehead atoms. The van der Waals surface area contributed by atoms with Gasteiger partial charge in [-0.3, -0.25) is 0 Å². The smallest absolute Gasteiger partial charge is 0.320 e. The average Bonchev–Trinajstić information content (AvgIpc) is 2.81. The van der Waals surface area contributed by atoms with E-state index in [9.17, 15) is 4.79 Å². The van der Waals surface area contributed by atoms with Crippen LogP contribution in [0.1, 0.15) is 101 Å². The Balaban J connectivity index is 1.73. The summed E-state index contributed by atoms with van der Waals surface area (Å²) in [4.78, 5) is 15.1. The van der Waals surface area contributed by atoms with Crippen LogP contribution in [0.3, 0.4) is 0 Å². The molecule has 0 aliphatic heterocycles. The molecule has 0 radical (unpaired) electrons. The molecule has 3 nitrogen and oxygen atoms in total. The first-order valence-electron chi connectivity index (χ1n) is 13.3. The molecule has 0 saturated heterocycles. The summed E-state index contributed by atoms with van der Waals surface area (Å²) in [5.41, 5.74) is 4.39. The Labute approximate surface area is 203 Å². The Kier molecular flexibility index (Phi) is 13.4. The molecule has 2 amide bonds. The van der Waals surface area contributed by atoms with Crippen LogP contribution in [0, 0.1) is 13.8 Å². The lowest BCUT2D eigenvalue weighted by Gasteiger charge is -2.24. The first-order chi connectivity index (χ1) is 16.1. The fourth-order valence-electron chi connectivity index (χ4n) is 4.35. The van der Waals surface area contributed by atoms with Gasteiger partial charge < -0.3 is 10.2 Å². The van der Waals surface area contributed by atoms with Crippen molar-refractivity contribution in [3.05, 3.63) is 65.2 Å². The van der Waals surface area contributed by atoms with Crippen LogP contribution < -0.4 is 5.32 Å². The summed E-state index contributed by atoms with van der Waals surface area (Å²) in [6.45, 7) is 7.85. The number of nitrogens with one attached hydrogen (secondary N) is 1. The minimum Gasteiger partial charge on any atom is -0.320 e. The minimum atomic E-state index is -0.00567. The molecule has 0 aliphatic carbocycles. The van der Waals surface area contributed by atoms with Crippen molar-refractivity contribution in [2.45, 2.75) is 104 Å². The zero-order valence-electron chi connectivity index (χ0n) is 21.4. The van der Waals surface area contributed by atoms with Gasteiger partial charge in [0.15, 0.2) is 0 Å². The Morgan fingerprint density at radius 2 is 1.33 bits per heavy atom. The lowest BCUT2D eigenvalue weighted by molar-refractivity contribution is 0.207. The third-order valence-corrected chi connectivity index (χ3v) is 6.41. The lowest BCUT2D eigenvalue weighted by atomic mass is 10.1. The van der Waals surface area contributed by atoms with Gasteiger partial charge in [-0.2, -0.15) is 0 Å². The molecule has 1 N–H and O–H groups in total. The molecule has 2 rings (SSSR count). The van der Waals surface area contributed by atoms with Crippen molar-refractivity contribution in [2.75, 3.05) is 11.9 Å². The summed E-state index contributed by atoms with van der Waals surface area (Å²) in [6.07, 6.45) is 15.9. The topological polar surface area (TPSA) is 32.3 Å². The van der Waals surface area contributed by atoms with Gasteiger partial charge in [0.1, 0.15) is 0 Å². The number of rotatable bonds is 16. The first-order valence-corrected chi connectivity index (χ1v) is 13.3. The third kappa shape index (κ3) is 11.4. The minimum absolute atomic E-state index is 0.00567. The molecular weight excluding hydrogens is 404 g/mol. The van der Waals surface area contributed by atoms with Crippen LogP contribution in [0.15, 0.2) is 48.5 Å². The normalized spacial score (nSPS) is 10.9. The average molecular weight is 451 g/mol. The lowest BCUT2D eigenvalue weighted by Crippen LogP contribution is -2.35. The molecule has 0 heterocycles. The van der Waals surface area contributed by atoms with E-state index in [0.717, 1.165) is 24.2 Å². The fourth-order valence-corrected chi connectivity index (χ4v) is 4.35. The molecule has 3 heteroatoms. The largest absolute Gasteiger partial charge is 0.322 e. The number of amides is 2. The molecule has 2 aromatic rings. The molecule has 0 aliphatic rings. The highest BCUT2D eigenvalue weighted by Gasteiger charge is 2.15. The molecule has 0 aromatic heterocycles. The molecule has 0 saturated carbocycles. The van der Waals surface area contributed by atoms with E-state index in [-0.39, 0.29) is 6.03 Å². The number of carbonyl (C=O) groups excluding carboxylic acids is 1. The highest BCUT2D eigenvalue weighted by molar-refractivity contribution is 5.90. The highest BCUT2D eigenvalue weighted by atomic mass is 16.2. The number of unbranched alkanes of at least 4 members (excludes halogenated alkanes) is 11. The van der Waals surface area contributed by atoms with Gasteiger partial charge in [-0.1, -0.05) is 126 Å². The Hall–Kier alpha value is -2.29. The van der Waals surface area contributed by atoms with Crippen molar-refractivity contribution < 1.29 is 4.79 Å². The van der Waals surface area contributed by atoms with Crippen molar-refractivity contribution in [3.63, 3.8) is 0 Å². The number of carbonyl (C=O) groups is 1. The predicted molar refractivity (Wildman–Crippen MR) is 143 cm³/mol. The van der Waals surface area contributed by atoms with Crippen molar-refractivity contribution in [2.24, 2.45) is 0 Å². The number of aryl methyl sites for hydroxylation is 2. The highest BCUT2D eigenvalue weighted by Crippen LogP contribution is 2.18. The van der Waals surface area contributed by atoms with Crippen LogP contribution in [-0.2, 0) is 6.54 Å². The van der Waals surface area contributed by atoms with Crippen molar-refractivity contribution in [1.29, 1.82) is 0 Å².